The van der Waals surface area contributed by atoms with Crippen LogP contribution in [0.1, 0.15) is 18.0 Å². The van der Waals surface area contributed by atoms with Crippen molar-refractivity contribution >= 4 is 29.9 Å². The molecule has 1 unspecified atom stereocenters. The molecule has 154 valence electrons. The SMILES string of the molecule is COc1cccc(C(CN=C(N)NCCCN2CCOCC2)N(C)C)c1.I. The van der Waals surface area contributed by atoms with Crippen LogP contribution in [0.4, 0.5) is 0 Å². The first kappa shape index (κ1) is 23.9. The molecule has 0 saturated carbocycles. The molecule has 1 aromatic rings. The first-order valence-corrected chi connectivity index (χ1v) is 9.24. The number of nitrogens with one attached hydrogen (secondary N) is 1. The average Bonchev–Trinajstić information content (AvgIpc) is 2.66. The van der Waals surface area contributed by atoms with Crippen molar-refractivity contribution in [1.82, 2.24) is 15.1 Å². The van der Waals surface area contributed by atoms with E-state index < -0.39 is 0 Å². The summed E-state index contributed by atoms with van der Waals surface area (Å²) >= 11 is 0. The molecule has 0 radical (unpaired) electrons. The van der Waals surface area contributed by atoms with E-state index in [4.69, 9.17) is 15.2 Å². The molecule has 1 aliphatic rings. The van der Waals surface area contributed by atoms with E-state index in [1.807, 2.05) is 32.3 Å². The highest BCUT2D eigenvalue weighted by Crippen LogP contribution is 2.22. The molecule has 1 heterocycles. The number of ether oxygens (including phenoxy) is 2. The van der Waals surface area contributed by atoms with Gasteiger partial charge >= 0.3 is 0 Å². The summed E-state index contributed by atoms with van der Waals surface area (Å²) in [5, 5.41) is 3.22. The molecule has 27 heavy (non-hydrogen) atoms. The standard InChI is InChI=1S/C19H33N5O2.HI/c1-23(2)18(16-6-4-7-17(14-16)25-3)15-22-19(20)21-8-5-9-24-10-12-26-13-11-24;/h4,6-7,14,18H,5,8-13,15H2,1-3H3,(H3,20,21,22);1H. The summed E-state index contributed by atoms with van der Waals surface area (Å²) in [6.45, 7) is 6.22. The van der Waals surface area contributed by atoms with Gasteiger partial charge < -0.3 is 25.4 Å². The Hall–Kier alpha value is -1.10. The van der Waals surface area contributed by atoms with Crippen LogP contribution in [0.25, 0.3) is 0 Å². The predicted molar refractivity (Wildman–Crippen MR) is 121 cm³/mol. The molecule has 0 aromatic heterocycles. The normalized spacial score (nSPS) is 16.7. The second kappa shape index (κ2) is 13.1. The van der Waals surface area contributed by atoms with Gasteiger partial charge in [-0.25, -0.2) is 0 Å². The third-order valence-corrected chi connectivity index (χ3v) is 4.60. The van der Waals surface area contributed by atoms with Crippen LogP contribution in [0.5, 0.6) is 5.75 Å². The predicted octanol–water partition coefficient (Wildman–Crippen LogP) is 1.54. The zero-order chi connectivity index (χ0) is 18.8. The van der Waals surface area contributed by atoms with Gasteiger partial charge in [0.05, 0.1) is 32.9 Å². The number of halogens is 1. The number of aliphatic imine (C=N–C) groups is 1. The molecule has 1 aliphatic heterocycles. The van der Waals surface area contributed by atoms with Crippen molar-refractivity contribution in [2.24, 2.45) is 10.7 Å². The summed E-state index contributed by atoms with van der Waals surface area (Å²) < 4.78 is 10.7. The highest BCUT2D eigenvalue weighted by Gasteiger charge is 2.14. The molecule has 1 fully saturated rings. The van der Waals surface area contributed by atoms with Gasteiger partial charge in [-0.15, -0.1) is 24.0 Å². The Morgan fingerprint density at radius 3 is 2.78 bits per heavy atom. The summed E-state index contributed by atoms with van der Waals surface area (Å²) in [6, 6.07) is 8.24. The summed E-state index contributed by atoms with van der Waals surface area (Å²) in [5.41, 5.74) is 7.20. The van der Waals surface area contributed by atoms with Crippen molar-refractivity contribution in [1.29, 1.82) is 0 Å². The summed E-state index contributed by atoms with van der Waals surface area (Å²) in [5.74, 6) is 1.36. The molecular formula is C19H34IN5O2. The molecule has 2 rings (SSSR count). The maximum atomic E-state index is 6.04. The summed E-state index contributed by atoms with van der Waals surface area (Å²) in [7, 11) is 5.78. The van der Waals surface area contributed by atoms with Gasteiger partial charge in [-0.1, -0.05) is 12.1 Å². The van der Waals surface area contributed by atoms with Crippen molar-refractivity contribution < 1.29 is 9.47 Å². The van der Waals surface area contributed by atoms with Crippen LogP contribution in [-0.2, 0) is 4.74 Å². The van der Waals surface area contributed by atoms with Crippen LogP contribution >= 0.6 is 24.0 Å². The quantitative estimate of drug-likeness (QED) is 0.236. The largest absolute Gasteiger partial charge is 0.497 e. The van der Waals surface area contributed by atoms with Crippen molar-refractivity contribution in [2.45, 2.75) is 12.5 Å². The van der Waals surface area contributed by atoms with Gasteiger partial charge in [0.25, 0.3) is 0 Å². The van der Waals surface area contributed by atoms with Gasteiger partial charge in [-0.3, -0.25) is 9.89 Å². The van der Waals surface area contributed by atoms with E-state index in [-0.39, 0.29) is 30.0 Å². The highest BCUT2D eigenvalue weighted by atomic mass is 127. The van der Waals surface area contributed by atoms with E-state index in [1.165, 1.54) is 5.56 Å². The maximum Gasteiger partial charge on any atom is 0.188 e. The second-order valence-electron chi connectivity index (χ2n) is 6.72. The molecule has 1 atom stereocenters. The molecule has 3 N–H and O–H groups in total. The number of guanidine groups is 1. The number of nitrogens with two attached hydrogens (primary N) is 1. The van der Waals surface area contributed by atoms with E-state index >= 15 is 0 Å². The van der Waals surface area contributed by atoms with Crippen LogP contribution < -0.4 is 15.8 Å². The monoisotopic (exact) mass is 491 g/mol. The Kier molecular flexibility index (Phi) is 11.7. The number of nitrogens with zero attached hydrogens (tertiary/aromatic N) is 3. The smallest absolute Gasteiger partial charge is 0.188 e. The lowest BCUT2D eigenvalue weighted by Crippen LogP contribution is -2.39. The highest BCUT2D eigenvalue weighted by molar-refractivity contribution is 14.0. The van der Waals surface area contributed by atoms with Crippen molar-refractivity contribution in [2.75, 3.05) is 67.1 Å². The Bertz CT molecular complexity index is 565. The first-order chi connectivity index (χ1) is 12.6. The number of morpholine rings is 1. The van der Waals surface area contributed by atoms with Crippen LogP contribution in [0.15, 0.2) is 29.3 Å². The number of hydrogen-bond acceptors (Lipinski definition) is 5. The number of benzene rings is 1. The fourth-order valence-electron chi connectivity index (χ4n) is 3.00. The van der Waals surface area contributed by atoms with Crippen molar-refractivity contribution in [3.63, 3.8) is 0 Å². The molecular weight excluding hydrogens is 457 g/mol. The Labute approximate surface area is 180 Å². The van der Waals surface area contributed by atoms with Crippen LogP contribution in [0.2, 0.25) is 0 Å². The van der Waals surface area contributed by atoms with E-state index in [0.717, 1.165) is 51.6 Å². The van der Waals surface area contributed by atoms with Gasteiger partial charge in [-0.05, 0) is 44.8 Å². The lowest BCUT2D eigenvalue weighted by Gasteiger charge is -2.26. The maximum absolute atomic E-state index is 6.04. The second-order valence-corrected chi connectivity index (χ2v) is 6.72. The number of methoxy groups -OCH3 is 1. The van der Waals surface area contributed by atoms with E-state index in [1.54, 1.807) is 7.11 Å². The third-order valence-electron chi connectivity index (χ3n) is 4.60. The molecule has 7 nitrogen and oxygen atoms in total. The van der Waals surface area contributed by atoms with Crippen LogP contribution in [-0.4, -0.2) is 82.9 Å². The Morgan fingerprint density at radius 2 is 2.11 bits per heavy atom. The third kappa shape index (κ3) is 8.63. The molecule has 8 heteroatoms. The minimum atomic E-state index is 0. The zero-order valence-corrected chi connectivity index (χ0v) is 19.0. The topological polar surface area (TPSA) is 75.3 Å². The van der Waals surface area contributed by atoms with Gasteiger partial charge in [0.2, 0.25) is 0 Å². The minimum Gasteiger partial charge on any atom is -0.497 e. The first-order valence-electron chi connectivity index (χ1n) is 9.24. The zero-order valence-electron chi connectivity index (χ0n) is 16.7. The van der Waals surface area contributed by atoms with Crippen molar-refractivity contribution in [3.05, 3.63) is 29.8 Å². The Balaban J connectivity index is 0.00000364. The van der Waals surface area contributed by atoms with Gasteiger partial charge in [0.1, 0.15) is 5.75 Å². The molecule has 1 aromatic carbocycles. The summed E-state index contributed by atoms with van der Waals surface area (Å²) in [6.07, 6.45) is 1.04. The molecule has 0 bridgehead atoms. The summed E-state index contributed by atoms with van der Waals surface area (Å²) in [4.78, 5) is 9.09. The average molecular weight is 491 g/mol. The molecule has 0 aliphatic carbocycles. The lowest BCUT2D eigenvalue weighted by atomic mass is 10.1. The van der Waals surface area contributed by atoms with Crippen LogP contribution in [0, 0.1) is 0 Å². The van der Waals surface area contributed by atoms with E-state index in [9.17, 15) is 0 Å². The van der Waals surface area contributed by atoms with Gasteiger partial charge in [0.15, 0.2) is 5.96 Å². The lowest BCUT2D eigenvalue weighted by molar-refractivity contribution is 0.0376. The molecule has 0 amide bonds. The fraction of sp³-hybridized carbons (Fsp3) is 0.632. The van der Waals surface area contributed by atoms with E-state index in [0.29, 0.717) is 12.5 Å². The minimum absolute atomic E-state index is 0. The number of likely N-dealkylation sites (N-methyl/N-ethyl adjacent to an activating group) is 1. The number of hydrogen-bond donors (Lipinski definition) is 2. The Morgan fingerprint density at radius 1 is 1.37 bits per heavy atom. The van der Waals surface area contributed by atoms with Crippen molar-refractivity contribution in [3.8, 4) is 5.75 Å². The van der Waals surface area contributed by atoms with Gasteiger partial charge in [0, 0.05) is 19.6 Å². The number of rotatable bonds is 9. The van der Waals surface area contributed by atoms with Crippen LogP contribution in [0.3, 0.4) is 0 Å². The molecule has 1 saturated heterocycles. The molecule has 0 spiro atoms. The fourth-order valence-corrected chi connectivity index (χ4v) is 3.00. The van der Waals surface area contributed by atoms with E-state index in [2.05, 4.69) is 26.2 Å². The van der Waals surface area contributed by atoms with Gasteiger partial charge in [-0.2, -0.15) is 0 Å².